The predicted octanol–water partition coefficient (Wildman–Crippen LogP) is -0.160. The van der Waals surface area contributed by atoms with E-state index in [0.29, 0.717) is 6.54 Å². The number of nitrogens with zero attached hydrogens (tertiary/aromatic N) is 1. The minimum Gasteiger partial charge on any atom is -0.459 e. The van der Waals surface area contributed by atoms with Crippen molar-refractivity contribution in [3.63, 3.8) is 0 Å². The number of nitrogens with one attached hydrogen (secondary N) is 1. The molecule has 0 saturated carbocycles. The summed E-state index contributed by atoms with van der Waals surface area (Å²) < 4.78 is 5.11. The summed E-state index contributed by atoms with van der Waals surface area (Å²) in [5, 5.41) is 9.41. The van der Waals surface area contributed by atoms with Crippen LogP contribution < -0.4 is 11.3 Å². The van der Waals surface area contributed by atoms with Crippen molar-refractivity contribution in [2.75, 3.05) is 13.1 Å². The standard InChI is InChI=1S/C11H17N3O3/c12-13-11(16)10-8(3-6-17-10)7-14-4-1-9(15)2-5-14/h3,6,9,15H,1-2,4-5,7,12H2,(H,13,16). The maximum atomic E-state index is 11.4. The van der Waals surface area contributed by atoms with Gasteiger partial charge in [-0.3, -0.25) is 15.1 Å². The van der Waals surface area contributed by atoms with Gasteiger partial charge >= 0.3 is 5.91 Å². The second-order valence-electron chi connectivity index (χ2n) is 4.26. The SMILES string of the molecule is NNC(=O)c1occc1CN1CCC(O)CC1. The number of nitrogen functional groups attached to an aromatic ring is 1. The molecule has 94 valence electrons. The molecule has 0 aliphatic carbocycles. The molecule has 0 aromatic carbocycles. The first-order chi connectivity index (χ1) is 8.20. The van der Waals surface area contributed by atoms with Crippen molar-refractivity contribution in [1.82, 2.24) is 10.3 Å². The Morgan fingerprint density at radius 3 is 2.94 bits per heavy atom. The predicted molar refractivity (Wildman–Crippen MR) is 60.9 cm³/mol. The van der Waals surface area contributed by atoms with Crippen LogP contribution in [0, 0.1) is 0 Å². The molecule has 0 atom stereocenters. The molecule has 0 bridgehead atoms. The van der Waals surface area contributed by atoms with E-state index in [1.165, 1.54) is 6.26 Å². The zero-order valence-corrected chi connectivity index (χ0v) is 9.56. The van der Waals surface area contributed by atoms with E-state index in [-0.39, 0.29) is 11.9 Å². The maximum absolute atomic E-state index is 11.4. The third kappa shape index (κ3) is 2.85. The van der Waals surface area contributed by atoms with E-state index in [0.717, 1.165) is 31.5 Å². The molecule has 6 heteroatoms. The van der Waals surface area contributed by atoms with Crippen molar-refractivity contribution >= 4 is 5.91 Å². The highest BCUT2D eigenvalue weighted by Crippen LogP contribution is 2.17. The number of hydrogen-bond donors (Lipinski definition) is 3. The number of hydrogen-bond acceptors (Lipinski definition) is 5. The van der Waals surface area contributed by atoms with Crippen molar-refractivity contribution in [3.8, 4) is 0 Å². The average Bonchev–Trinajstić information content (AvgIpc) is 2.79. The van der Waals surface area contributed by atoms with E-state index < -0.39 is 5.91 Å². The average molecular weight is 239 g/mol. The highest BCUT2D eigenvalue weighted by molar-refractivity contribution is 5.92. The first-order valence-corrected chi connectivity index (χ1v) is 5.68. The summed E-state index contributed by atoms with van der Waals surface area (Å²) in [4.78, 5) is 13.6. The molecule has 6 nitrogen and oxygen atoms in total. The smallest absolute Gasteiger partial charge is 0.301 e. The topological polar surface area (TPSA) is 91.7 Å². The fourth-order valence-electron chi connectivity index (χ4n) is 2.04. The normalized spacial score (nSPS) is 18.2. The molecule has 2 heterocycles. The quantitative estimate of drug-likeness (QED) is 0.387. The first kappa shape index (κ1) is 12.1. The van der Waals surface area contributed by atoms with Gasteiger partial charge in [0.15, 0.2) is 5.76 Å². The Morgan fingerprint density at radius 1 is 1.59 bits per heavy atom. The van der Waals surface area contributed by atoms with E-state index in [9.17, 15) is 9.90 Å². The van der Waals surface area contributed by atoms with Crippen molar-refractivity contribution in [2.45, 2.75) is 25.5 Å². The minimum atomic E-state index is -0.415. The Morgan fingerprint density at radius 2 is 2.29 bits per heavy atom. The van der Waals surface area contributed by atoms with Crippen LogP contribution in [0.5, 0.6) is 0 Å². The highest BCUT2D eigenvalue weighted by atomic mass is 16.3. The number of nitrogens with two attached hydrogens (primary N) is 1. The molecule has 1 saturated heterocycles. The molecular formula is C11H17N3O3. The van der Waals surface area contributed by atoms with Crippen LogP contribution in [-0.4, -0.2) is 35.1 Å². The molecule has 2 rings (SSSR count). The van der Waals surface area contributed by atoms with Gasteiger partial charge in [0, 0.05) is 25.2 Å². The number of carbonyl (C=O) groups excluding carboxylic acids is 1. The Bertz CT molecular complexity index is 383. The number of rotatable bonds is 3. The second kappa shape index (κ2) is 5.31. The van der Waals surface area contributed by atoms with Gasteiger partial charge in [-0.1, -0.05) is 0 Å². The summed E-state index contributed by atoms with van der Waals surface area (Å²) in [5.74, 6) is 4.93. The molecule has 17 heavy (non-hydrogen) atoms. The summed E-state index contributed by atoms with van der Waals surface area (Å²) in [6.07, 6.45) is 2.84. The molecule has 1 aromatic heterocycles. The lowest BCUT2D eigenvalue weighted by Gasteiger charge is -2.29. The van der Waals surface area contributed by atoms with Crippen LogP contribution in [-0.2, 0) is 6.54 Å². The number of likely N-dealkylation sites (tertiary alicyclic amines) is 1. The minimum absolute atomic E-state index is 0.192. The molecule has 4 N–H and O–H groups in total. The fourth-order valence-corrected chi connectivity index (χ4v) is 2.04. The van der Waals surface area contributed by atoms with Gasteiger partial charge in [0.1, 0.15) is 0 Å². The molecular weight excluding hydrogens is 222 g/mol. The molecule has 0 spiro atoms. The fraction of sp³-hybridized carbons (Fsp3) is 0.545. The first-order valence-electron chi connectivity index (χ1n) is 5.68. The molecule has 1 aromatic rings. The molecule has 1 aliphatic rings. The van der Waals surface area contributed by atoms with Gasteiger partial charge in [0.2, 0.25) is 0 Å². The lowest BCUT2D eigenvalue weighted by atomic mass is 10.1. The van der Waals surface area contributed by atoms with Crippen molar-refractivity contribution in [3.05, 3.63) is 23.7 Å². The Labute approximate surface area is 99.3 Å². The maximum Gasteiger partial charge on any atom is 0.301 e. The van der Waals surface area contributed by atoms with Gasteiger partial charge in [-0.05, 0) is 18.9 Å². The van der Waals surface area contributed by atoms with Crippen LogP contribution in [0.15, 0.2) is 16.7 Å². The third-order valence-electron chi connectivity index (χ3n) is 3.04. The van der Waals surface area contributed by atoms with E-state index in [1.54, 1.807) is 6.07 Å². The van der Waals surface area contributed by atoms with Gasteiger partial charge in [-0.15, -0.1) is 0 Å². The van der Waals surface area contributed by atoms with Crippen LogP contribution in [0.1, 0.15) is 29.0 Å². The number of carbonyl (C=O) groups is 1. The van der Waals surface area contributed by atoms with Crippen LogP contribution in [0.2, 0.25) is 0 Å². The third-order valence-corrected chi connectivity index (χ3v) is 3.04. The molecule has 0 radical (unpaired) electrons. The van der Waals surface area contributed by atoms with Gasteiger partial charge in [-0.25, -0.2) is 5.84 Å². The van der Waals surface area contributed by atoms with Gasteiger partial charge in [0.05, 0.1) is 12.4 Å². The summed E-state index contributed by atoms with van der Waals surface area (Å²) in [6.45, 7) is 2.30. The highest BCUT2D eigenvalue weighted by Gasteiger charge is 2.20. The summed E-state index contributed by atoms with van der Waals surface area (Å²) in [5.41, 5.74) is 2.88. The number of furan rings is 1. The van der Waals surface area contributed by atoms with Gasteiger partial charge < -0.3 is 9.52 Å². The Balaban J connectivity index is 1.99. The van der Waals surface area contributed by atoms with Crippen LogP contribution >= 0.6 is 0 Å². The zero-order chi connectivity index (χ0) is 12.3. The van der Waals surface area contributed by atoms with Crippen molar-refractivity contribution in [2.24, 2.45) is 5.84 Å². The van der Waals surface area contributed by atoms with Gasteiger partial charge in [0.25, 0.3) is 0 Å². The van der Waals surface area contributed by atoms with E-state index in [1.807, 2.05) is 0 Å². The van der Waals surface area contributed by atoms with Gasteiger partial charge in [-0.2, -0.15) is 0 Å². The Kier molecular flexibility index (Phi) is 3.78. The number of aliphatic hydroxyl groups is 1. The largest absolute Gasteiger partial charge is 0.459 e. The number of hydrazine groups is 1. The molecule has 1 fully saturated rings. The summed E-state index contributed by atoms with van der Waals surface area (Å²) >= 11 is 0. The van der Waals surface area contributed by atoms with Crippen molar-refractivity contribution < 1.29 is 14.3 Å². The second-order valence-corrected chi connectivity index (χ2v) is 4.26. The number of aliphatic hydroxyl groups excluding tert-OH is 1. The Hall–Kier alpha value is -1.37. The summed E-state index contributed by atoms with van der Waals surface area (Å²) in [7, 11) is 0. The lowest BCUT2D eigenvalue weighted by molar-refractivity contribution is 0.0782. The van der Waals surface area contributed by atoms with E-state index in [4.69, 9.17) is 10.3 Å². The number of amides is 1. The van der Waals surface area contributed by atoms with Crippen molar-refractivity contribution in [1.29, 1.82) is 0 Å². The number of piperidine rings is 1. The van der Waals surface area contributed by atoms with E-state index >= 15 is 0 Å². The van der Waals surface area contributed by atoms with E-state index in [2.05, 4.69) is 10.3 Å². The van der Waals surface area contributed by atoms with Crippen LogP contribution in [0.25, 0.3) is 0 Å². The van der Waals surface area contributed by atoms with Crippen LogP contribution in [0.3, 0.4) is 0 Å². The summed E-state index contributed by atoms with van der Waals surface area (Å²) in [6, 6.07) is 1.77. The molecule has 0 unspecified atom stereocenters. The molecule has 1 amide bonds. The monoisotopic (exact) mass is 239 g/mol. The zero-order valence-electron chi connectivity index (χ0n) is 9.56. The lowest BCUT2D eigenvalue weighted by Crippen LogP contribution is -2.36. The molecule has 1 aliphatic heterocycles. The van der Waals surface area contributed by atoms with Crippen LogP contribution in [0.4, 0.5) is 0 Å².